The number of imidazole rings is 1. The van der Waals surface area contributed by atoms with Crippen LogP contribution in [-0.4, -0.2) is 52.2 Å². The summed E-state index contributed by atoms with van der Waals surface area (Å²) in [5.41, 5.74) is 3.89. The molecule has 0 aliphatic heterocycles. The fraction of sp³-hybridized carbons (Fsp3) is 0.455. The highest BCUT2D eigenvalue weighted by Gasteiger charge is 2.21. The van der Waals surface area contributed by atoms with Crippen molar-refractivity contribution in [2.75, 3.05) is 27.3 Å². The summed E-state index contributed by atoms with van der Waals surface area (Å²) in [6.45, 7) is 4.96. The number of nitrogens with zero attached hydrogens (tertiary/aromatic N) is 4. The van der Waals surface area contributed by atoms with E-state index in [0.29, 0.717) is 25.3 Å². The summed E-state index contributed by atoms with van der Waals surface area (Å²) in [5.74, 6) is 0.00109. The van der Waals surface area contributed by atoms with E-state index in [-0.39, 0.29) is 5.91 Å². The van der Waals surface area contributed by atoms with Crippen molar-refractivity contribution in [3.63, 3.8) is 0 Å². The van der Waals surface area contributed by atoms with Gasteiger partial charge in [-0.15, -0.1) is 0 Å². The number of rotatable bonds is 16. The van der Waals surface area contributed by atoms with Crippen LogP contribution in [0.15, 0.2) is 67.4 Å². The molecule has 2 aromatic carbocycles. The van der Waals surface area contributed by atoms with E-state index in [1.54, 1.807) is 12.0 Å². The Hall–Kier alpha value is -3.38. The molecule has 0 atom stereocenters. The third-order valence-corrected chi connectivity index (χ3v) is 7.56. The third kappa shape index (κ3) is 7.60. The second-order valence-corrected chi connectivity index (χ2v) is 10.6. The van der Waals surface area contributed by atoms with Gasteiger partial charge in [0.25, 0.3) is 5.91 Å². The summed E-state index contributed by atoms with van der Waals surface area (Å²) in [4.78, 5) is 19.8. The number of benzene rings is 2. The minimum absolute atomic E-state index is 0.00109. The van der Waals surface area contributed by atoms with Crippen molar-refractivity contribution in [1.29, 1.82) is 0 Å². The van der Waals surface area contributed by atoms with Crippen LogP contribution in [-0.2, 0) is 17.8 Å². The molecule has 0 N–H and O–H groups in total. The molecular formula is C33H44N4O2. The van der Waals surface area contributed by atoms with Gasteiger partial charge in [-0.05, 0) is 22.8 Å². The molecule has 0 aliphatic rings. The molecule has 6 nitrogen and oxygen atoms in total. The highest BCUT2D eigenvalue weighted by Crippen LogP contribution is 2.32. The zero-order valence-corrected chi connectivity index (χ0v) is 23.9. The molecule has 0 fully saturated rings. The van der Waals surface area contributed by atoms with Crippen molar-refractivity contribution in [3.05, 3.63) is 78.6 Å². The molecule has 4 rings (SSSR count). The molecule has 0 spiro atoms. The van der Waals surface area contributed by atoms with Gasteiger partial charge in [0.05, 0.1) is 30.7 Å². The smallest absolute Gasteiger partial charge is 0.255 e. The van der Waals surface area contributed by atoms with Gasteiger partial charge >= 0.3 is 0 Å². The molecule has 2 aromatic heterocycles. The number of hydrogen-bond acceptors (Lipinski definition) is 3. The van der Waals surface area contributed by atoms with Crippen LogP contribution in [0, 0.1) is 0 Å². The average molecular weight is 529 g/mol. The molecule has 0 saturated heterocycles. The van der Waals surface area contributed by atoms with E-state index < -0.39 is 0 Å². The lowest BCUT2D eigenvalue weighted by Gasteiger charge is -2.17. The van der Waals surface area contributed by atoms with Gasteiger partial charge in [0, 0.05) is 51.4 Å². The number of hydrogen-bond donors (Lipinski definition) is 0. The number of methoxy groups -OCH3 is 1. The van der Waals surface area contributed by atoms with E-state index in [1.807, 2.05) is 25.8 Å². The van der Waals surface area contributed by atoms with E-state index in [2.05, 4.69) is 69.7 Å². The van der Waals surface area contributed by atoms with Gasteiger partial charge in [-0.3, -0.25) is 4.79 Å². The fourth-order valence-electron chi connectivity index (χ4n) is 5.26. The van der Waals surface area contributed by atoms with Crippen molar-refractivity contribution in [1.82, 2.24) is 19.0 Å². The number of carbonyl (C=O) groups excluding carboxylic acids is 1. The normalized spacial score (nSPS) is 11.4. The van der Waals surface area contributed by atoms with Crippen LogP contribution in [0.1, 0.15) is 74.3 Å². The summed E-state index contributed by atoms with van der Waals surface area (Å²) >= 11 is 0. The number of likely N-dealkylation sites (N-methyl/N-ethyl adjacent to an activating group) is 1. The number of carbonyl (C=O) groups is 1. The van der Waals surface area contributed by atoms with E-state index >= 15 is 0 Å². The van der Waals surface area contributed by atoms with Crippen LogP contribution in [0.5, 0.6) is 0 Å². The van der Waals surface area contributed by atoms with Gasteiger partial charge in [0.1, 0.15) is 0 Å². The monoisotopic (exact) mass is 528 g/mol. The molecule has 0 radical (unpaired) electrons. The first-order chi connectivity index (χ1) is 19.1. The summed E-state index contributed by atoms with van der Waals surface area (Å²) in [7, 11) is 3.50. The Morgan fingerprint density at radius 3 is 2.46 bits per heavy atom. The Morgan fingerprint density at radius 1 is 0.923 bits per heavy atom. The Balaban J connectivity index is 1.52. The Labute approximate surface area is 233 Å². The van der Waals surface area contributed by atoms with Crippen LogP contribution in [0.3, 0.4) is 0 Å². The molecule has 2 heterocycles. The fourth-order valence-corrected chi connectivity index (χ4v) is 5.26. The number of amides is 1. The molecule has 39 heavy (non-hydrogen) atoms. The molecule has 0 bridgehead atoms. The molecule has 6 heteroatoms. The number of ether oxygens (including phenoxy) is 1. The summed E-state index contributed by atoms with van der Waals surface area (Å²) in [5, 5.41) is 2.31. The number of aryl methyl sites for hydroxylation is 1. The zero-order chi connectivity index (χ0) is 27.5. The predicted octanol–water partition coefficient (Wildman–Crippen LogP) is 7.41. The second kappa shape index (κ2) is 14.7. The Kier molecular flexibility index (Phi) is 10.8. The predicted molar refractivity (Wildman–Crippen MR) is 160 cm³/mol. The van der Waals surface area contributed by atoms with Crippen LogP contribution in [0.2, 0.25) is 0 Å². The number of fused-ring (bicyclic) bond motifs is 1. The first-order valence-electron chi connectivity index (χ1n) is 14.5. The standard InChI is InChI=1S/C33H44N4O2/c1-4-5-6-7-8-9-10-13-19-37-26-34-22-28(37)23-36-24-31(32(25-36)33(38)35(2)20-21-39-3)30-18-14-16-27-15-11-12-17-29(27)30/h11-12,14-18,22,24-26H,4-10,13,19-21,23H2,1-3H3. The lowest BCUT2D eigenvalue weighted by Crippen LogP contribution is -2.30. The van der Waals surface area contributed by atoms with Crippen LogP contribution in [0.4, 0.5) is 0 Å². The van der Waals surface area contributed by atoms with E-state index in [1.165, 1.54) is 44.9 Å². The molecule has 208 valence electrons. The molecule has 0 aliphatic carbocycles. The summed E-state index contributed by atoms with van der Waals surface area (Å²) in [6, 6.07) is 14.6. The van der Waals surface area contributed by atoms with Gasteiger partial charge in [0.2, 0.25) is 0 Å². The van der Waals surface area contributed by atoms with E-state index in [4.69, 9.17) is 4.74 Å². The van der Waals surface area contributed by atoms with Gasteiger partial charge in [-0.1, -0.05) is 94.3 Å². The molecule has 0 saturated carbocycles. The first kappa shape index (κ1) is 28.6. The molecular weight excluding hydrogens is 484 g/mol. The highest BCUT2D eigenvalue weighted by molar-refractivity contribution is 6.05. The average Bonchev–Trinajstić information content (AvgIpc) is 3.59. The van der Waals surface area contributed by atoms with E-state index in [9.17, 15) is 4.79 Å². The van der Waals surface area contributed by atoms with E-state index in [0.717, 1.165) is 40.6 Å². The van der Waals surface area contributed by atoms with Gasteiger partial charge in [-0.2, -0.15) is 0 Å². The first-order valence-corrected chi connectivity index (χ1v) is 14.5. The van der Waals surface area contributed by atoms with Crippen molar-refractivity contribution in [2.45, 2.75) is 71.4 Å². The number of unbranched alkanes of at least 4 members (excludes halogenated alkanes) is 7. The molecule has 1 amide bonds. The topological polar surface area (TPSA) is 52.3 Å². The number of aromatic nitrogens is 3. The lowest BCUT2D eigenvalue weighted by atomic mass is 9.97. The van der Waals surface area contributed by atoms with Crippen LogP contribution >= 0.6 is 0 Å². The van der Waals surface area contributed by atoms with Crippen molar-refractivity contribution in [2.24, 2.45) is 0 Å². The minimum Gasteiger partial charge on any atom is -0.383 e. The summed E-state index contributed by atoms with van der Waals surface area (Å²) < 4.78 is 9.62. The minimum atomic E-state index is 0.00109. The Bertz CT molecular complexity index is 1320. The quantitative estimate of drug-likeness (QED) is 0.142. The maximum absolute atomic E-state index is 13.6. The van der Waals surface area contributed by atoms with Crippen molar-refractivity contribution in [3.8, 4) is 11.1 Å². The molecule has 0 unspecified atom stereocenters. The zero-order valence-electron chi connectivity index (χ0n) is 23.9. The maximum atomic E-state index is 13.6. The second-order valence-electron chi connectivity index (χ2n) is 10.6. The molecule has 4 aromatic rings. The van der Waals surface area contributed by atoms with Crippen molar-refractivity contribution < 1.29 is 9.53 Å². The SMILES string of the molecule is CCCCCCCCCCn1cncc1Cn1cc(C(=O)N(C)CCOC)c(-c2cccc3ccccc23)c1. The third-order valence-electron chi connectivity index (χ3n) is 7.56. The van der Waals surface area contributed by atoms with Crippen LogP contribution < -0.4 is 0 Å². The largest absolute Gasteiger partial charge is 0.383 e. The lowest BCUT2D eigenvalue weighted by molar-refractivity contribution is 0.0745. The Morgan fingerprint density at radius 2 is 1.67 bits per heavy atom. The van der Waals surface area contributed by atoms with Gasteiger partial charge in [-0.25, -0.2) is 4.98 Å². The highest BCUT2D eigenvalue weighted by atomic mass is 16.5. The van der Waals surface area contributed by atoms with Crippen molar-refractivity contribution >= 4 is 16.7 Å². The van der Waals surface area contributed by atoms with Crippen LogP contribution in [0.25, 0.3) is 21.9 Å². The van der Waals surface area contributed by atoms with Gasteiger partial charge < -0.3 is 18.8 Å². The summed E-state index contributed by atoms with van der Waals surface area (Å²) in [6.07, 6.45) is 18.5. The maximum Gasteiger partial charge on any atom is 0.255 e. The van der Waals surface area contributed by atoms with Gasteiger partial charge in [0.15, 0.2) is 0 Å².